The summed E-state index contributed by atoms with van der Waals surface area (Å²) in [5.41, 5.74) is -0.0255. The van der Waals surface area contributed by atoms with E-state index in [1.807, 2.05) is 20.2 Å². The molecule has 1 aromatic heterocycles. The van der Waals surface area contributed by atoms with Crippen molar-refractivity contribution in [3.8, 4) is 0 Å². The number of aromatic nitrogens is 2. The fourth-order valence-corrected chi connectivity index (χ4v) is 1.26. The van der Waals surface area contributed by atoms with E-state index in [1.165, 1.54) is 0 Å². The SMILES string of the molecule is CN(C)CCNc1ccnc(NC(C)(C)C)n1. The smallest absolute Gasteiger partial charge is 0.224 e. The number of hydrogen-bond acceptors (Lipinski definition) is 5. The molecular weight excluding hydrogens is 214 g/mol. The number of hydrogen-bond donors (Lipinski definition) is 2. The molecule has 0 aliphatic carbocycles. The van der Waals surface area contributed by atoms with E-state index in [-0.39, 0.29) is 5.54 Å². The first kappa shape index (κ1) is 13.7. The molecule has 5 nitrogen and oxygen atoms in total. The summed E-state index contributed by atoms with van der Waals surface area (Å²) in [7, 11) is 4.10. The zero-order valence-corrected chi connectivity index (χ0v) is 11.4. The summed E-state index contributed by atoms with van der Waals surface area (Å²) in [5.74, 6) is 1.51. The van der Waals surface area contributed by atoms with Gasteiger partial charge in [-0.1, -0.05) is 0 Å². The van der Waals surface area contributed by atoms with Crippen LogP contribution in [0, 0.1) is 0 Å². The lowest BCUT2D eigenvalue weighted by Gasteiger charge is -2.20. The molecule has 0 aliphatic rings. The maximum absolute atomic E-state index is 4.40. The van der Waals surface area contributed by atoms with Gasteiger partial charge in [0, 0.05) is 24.8 Å². The molecule has 0 fully saturated rings. The Kier molecular flexibility index (Phi) is 4.69. The molecule has 0 radical (unpaired) electrons. The Bertz CT molecular complexity index is 343. The molecule has 0 bridgehead atoms. The average molecular weight is 237 g/mol. The van der Waals surface area contributed by atoms with Crippen LogP contribution in [0.25, 0.3) is 0 Å². The molecule has 1 aromatic rings. The number of anilines is 2. The van der Waals surface area contributed by atoms with Crippen LogP contribution in [0.2, 0.25) is 0 Å². The van der Waals surface area contributed by atoms with E-state index in [0.717, 1.165) is 18.9 Å². The summed E-state index contributed by atoms with van der Waals surface area (Å²) in [6.45, 7) is 8.11. The van der Waals surface area contributed by atoms with Crippen LogP contribution in [-0.2, 0) is 0 Å². The van der Waals surface area contributed by atoms with E-state index in [2.05, 4.69) is 46.3 Å². The van der Waals surface area contributed by atoms with Crippen molar-refractivity contribution in [3.05, 3.63) is 12.3 Å². The van der Waals surface area contributed by atoms with E-state index in [1.54, 1.807) is 6.20 Å². The van der Waals surface area contributed by atoms with Crippen molar-refractivity contribution in [2.45, 2.75) is 26.3 Å². The average Bonchev–Trinajstić information content (AvgIpc) is 2.14. The number of likely N-dealkylation sites (N-methyl/N-ethyl adjacent to an activating group) is 1. The van der Waals surface area contributed by atoms with Gasteiger partial charge in [0.2, 0.25) is 5.95 Å². The summed E-state index contributed by atoms with van der Waals surface area (Å²) in [6, 6.07) is 1.88. The van der Waals surface area contributed by atoms with Crippen LogP contribution in [0.15, 0.2) is 12.3 Å². The second-order valence-corrected chi connectivity index (χ2v) is 5.37. The van der Waals surface area contributed by atoms with E-state index in [0.29, 0.717) is 5.95 Å². The fraction of sp³-hybridized carbons (Fsp3) is 0.667. The molecule has 5 heteroatoms. The molecule has 17 heavy (non-hydrogen) atoms. The Morgan fingerprint density at radius 1 is 1.29 bits per heavy atom. The summed E-state index contributed by atoms with van der Waals surface area (Å²) in [6.07, 6.45) is 1.76. The van der Waals surface area contributed by atoms with Gasteiger partial charge in [0.05, 0.1) is 0 Å². The highest BCUT2D eigenvalue weighted by molar-refractivity contribution is 5.40. The molecule has 96 valence electrons. The minimum absolute atomic E-state index is 0.0255. The van der Waals surface area contributed by atoms with Crippen molar-refractivity contribution in [3.63, 3.8) is 0 Å². The lowest BCUT2D eigenvalue weighted by Crippen LogP contribution is -2.27. The van der Waals surface area contributed by atoms with Gasteiger partial charge in [0.15, 0.2) is 0 Å². The van der Waals surface area contributed by atoms with Gasteiger partial charge >= 0.3 is 0 Å². The van der Waals surface area contributed by atoms with Crippen LogP contribution < -0.4 is 10.6 Å². The lowest BCUT2D eigenvalue weighted by atomic mass is 10.1. The first-order valence-corrected chi connectivity index (χ1v) is 5.87. The Hall–Kier alpha value is -1.36. The predicted octanol–water partition coefficient (Wildman–Crippen LogP) is 1.66. The molecule has 0 unspecified atom stereocenters. The van der Waals surface area contributed by atoms with Gasteiger partial charge in [-0.25, -0.2) is 4.98 Å². The largest absolute Gasteiger partial charge is 0.369 e. The van der Waals surface area contributed by atoms with Gasteiger partial charge in [-0.15, -0.1) is 0 Å². The van der Waals surface area contributed by atoms with Crippen LogP contribution >= 0.6 is 0 Å². The normalized spacial score (nSPS) is 11.6. The number of nitrogens with one attached hydrogen (secondary N) is 2. The molecule has 1 rings (SSSR count). The Morgan fingerprint density at radius 2 is 2.00 bits per heavy atom. The van der Waals surface area contributed by atoms with E-state index >= 15 is 0 Å². The standard InChI is InChI=1S/C12H23N5/c1-12(2,3)16-11-14-7-6-10(15-11)13-8-9-17(4)5/h6-7H,8-9H2,1-5H3,(H2,13,14,15,16). The minimum Gasteiger partial charge on any atom is -0.369 e. The zero-order chi connectivity index (χ0) is 12.9. The summed E-state index contributed by atoms with van der Waals surface area (Å²) >= 11 is 0. The van der Waals surface area contributed by atoms with Crippen molar-refractivity contribution >= 4 is 11.8 Å². The third-order valence-electron chi connectivity index (χ3n) is 2.01. The molecule has 0 atom stereocenters. The molecular formula is C12H23N5. The van der Waals surface area contributed by atoms with Gasteiger partial charge in [-0.2, -0.15) is 4.98 Å². The first-order valence-electron chi connectivity index (χ1n) is 5.87. The molecule has 0 amide bonds. The highest BCUT2D eigenvalue weighted by Gasteiger charge is 2.11. The zero-order valence-electron chi connectivity index (χ0n) is 11.4. The maximum Gasteiger partial charge on any atom is 0.224 e. The summed E-state index contributed by atoms with van der Waals surface area (Å²) < 4.78 is 0. The number of nitrogens with zero attached hydrogens (tertiary/aromatic N) is 3. The maximum atomic E-state index is 4.40. The highest BCUT2D eigenvalue weighted by atomic mass is 15.2. The van der Waals surface area contributed by atoms with Crippen molar-refractivity contribution in [1.82, 2.24) is 14.9 Å². The van der Waals surface area contributed by atoms with Crippen LogP contribution in [0.3, 0.4) is 0 Å². The minimum atomic E-state index is -0.0255. The third-order valence-corrected chi connectivity index (χ3v) is 2.01. The fourth-order valence-electron chi connectivity index (χ4n) is 1.26. The van der Waals surface area contributed by atoms with Crippen LogP contribution in [-0.4, -0.2) is 47.6 Å². The van der Waals surface area contributed by atoms with Crippen LogP contribution in [0.1, 0.15) is 20.8 Å². The second kappa shape index (κ2) is 5.82. The van der Waals surface area contributed by atoms with Crippen LogP contribution in [0.4, 0.5) is 11.8 Å². The first-order chi connectivity index (χ1) is 7.87. The summed E-state index contributed by atoms with van der Waals surface area (Å²) in [4.78, 5) is 10.7. The summed E-state index contributed by atoms with van der Waals surface area (Å²) in [5, 5.41) is 6.52. The van der Waals surface area contributed by atoms with Crippen molar-refractivity contribution < 1.29 is 0 Å². The van der Waals surface area contributed by atoms with E-state index < -0.39 is 0 Å². The van der Waals surface area contributed by atoms with Gasteiger partial charge in [0.25, 0.3) is 0 Å². The molecule has 0 aliphatic heterocycles. The van der Waals surface area contributed by atoms with E-state index in [9.17, 15) is 0 Å². The molecule has 0 saturated carbocycles. The van der Waals surface area contributed by atoms with E-state index in [4.69, 9.17) is 0 Å². The van der Waals surface area contributed by atoms with Gasteiger partial charge in [-0.3, -0.25) is 0 Å². The van der Waals surface area contributed by atoms with Gasteiger partial charge in [-0.05, 0) is 40.9 Å². The molecule has 2 N–H and O–H groups in total. The topological polar surface area (TPSA) is 53.1 Å². The molecule has 1 heterocycles. The van der Waals surface area contributed by atoms with Crippen molar-refractivity contribution in [2.75, 3.05) is 37.8 Å². The Morgan fingerprint density at radius 3 is 2.59 bits per heavy atom. The van der Waals surface area contributed by atoms with Gasteiger partial charge in [0.1, 0.15) is 5.82 Å². The predicted molar refractivity (Wildman–Crippen MR) is 72.5 cm³/mol. The van der Waals surface area contributed by atoms with Crippen molar-refractivity contribution in [2.24, 2.45) is 0 Å². The molecule has 0 saturated heterocycles. The monoisotopic (exact) mass is 237 g/mol. The third kappa shape index (κ3) is 6.06. The second-order valence-electron chi connectivity index (χ2n) is 5.37. The van der Waals surface area contributed by atoms with Crippen LogP contribution in [0.5, 0.6) is 0 Å². The Balaban J connectivity index is 2.54. The quantitative estimate of drug-likeness (QED) is 0.815. The molecule has 0 aromatic carbocycles. The molecule has 0 spiro atoms. The Labute approximate surface area is 104 Å². The van der Waals surface area contributed by atoms with Crippen molar-refractivity contribution in [1.29, 1.82) is 0 Å². The van der Waals surface area contributed by atoms with Gasteiger partial charge < -0.3 is 15.5 Å². The number of rotatable bonds is 5. The lowest BCUT2D eigenvalue weighted by molar-refractivity contribution is 0.425. The highest BCUT2D eigenvalue weighted by Crippen LogP contribution is 2.11.